The van der Waals surface area contributed by atoms with Crippen molar-refractivity contribution in [3.63, 3.8) is 0 Å². The van der Waals surface area contributed by atoms with Gasteiger partial charge in [0.15, 0.2) is 0 Å². The highest BCUT2D eigenvalue weighted by atomic mass is 19.4. The second-order valence-corrected chi connectivity index (χ2v) is 8.71. The maximum Gasteiger partial charge on any atom is 0.490 e. The molecule has 3 aliphatic rings. The van der Waals surface area contributed by atoms with E-state index in [2.05, 4.69) is 35.2 Å². The van der Waals surface area contributed by atoms with Gasteiger partial charge in [-0.05, 0) is 55.9 Å². The molecule has 5 nitrogen and oxygen atoms in total. The summed E-state index contributed by atoms with van der Waals surface area (Å²) in [6, 6.07) is 11.5. The minimum Gasteiger partial charge on any atom is -0.475 e. The fourth-order valence-corrected chi connectivity index (χ4v) is 4.23. The van der Waals surface area contributed by atoms with Gasteiger partial charge in [-0.25, -0.2) is 4.79 Å². The molecule has 1 saturated carbocycles. The van der Waals surface area contributed by atoms with Crippen LogP contribution in [0.2, 0.25) is 0 Å². The first-order valence-corrected chi connectivity index (χ1v) is 11.1. The summed E-state index contributed by atoms with van der Waals surface area (Å²) in [5.74, 6) is -1.10. The number of halogens is 3. The van der Waals surface area contributed by atoms with Crippen LogP contribution in [0.5, 0.6) is 0 Å². The number of hydrogen-bond donors (Lipinski definition) is 1. The maximum atomic E-state index is 10.6. The van der Waals surface area contributed by atoms with Crippen molar-refractivity contribution in [2.75, 3.05) is 32.9 Å². The second-order valence-electron chi connectivity index (χ2n) is 8.71. The summed E-state index contributed by atoms with van der Waals surface area (Å²) in [6.45, 7) is 5.31. The number of benzene rings is 1. The summed E-state index contributed by atoms with van der Waals surface area (Å²) in [5.41, 5.74) is 1.45. The summed E-state index contributed by atoms with van der Waals surface area (Å²) >= 11 is 0. The number of ether oxygens (including phenoxy) is 2. The zero-order valence-electron chi connectivity index (χ0n) is 17.7. The summed E-state index contributed by atoms with van der Waals surface area (Å²) < 4.78 is 43.6. The number of likely N-dealkylation sites (tertiary alicyclic amines) is 1. The Hall–Kier alpha value is -1.64. The number of alkyl halides is 3. The van der Waals surface area contributed by atoms with Crippen LogP contribution in [0.4, 0.5) is 13.2 Å². The molecule has 0 unspecified atom stereocenters. The molecule has 0 bridgehead atoms. The van der Waals surface area contributed by atoms with E-state index in [0.29, 0.717) is 12.1 Å². The number of rotatable bonds is 7. The molecule has 1 N–H and O–H groups in total. The fraction of sp³-hybridized carbons (Fsp3) is 0.696. The van der Waals surface area contributed by atoms with Crippen LogP contribution in [-0.2, 0) is 20.7 Å². The minimum atomic E-state index is -5.08. The van der Waals surface area contributed by atoms with Crippen LogP contribution in [0.1, 0.15) is 37.7 Å². The van der Waals surface area contributed by atoms with E-state index in [0.717, 1.165) is 38.1 Å². The van der Waals surface area contributed by atoms with Gasteiger partial charge < -0.3 is 14.6 Å². The Morgan fingerprint density at radius 2 is 1.71 bits per heavy atom. The highest BCUT2D eigenvalue weighted by Gasteiger charge is 2.38. The van der Waals surface area contributed by atoms with E-state index in [4.69, 9.17) is 19.4 Å². The van der Waals surface area contributed by atoms with Gasteiger partial charge in [0.2, 0.25) is 0 Å². The van der Waals surface area contributed by atoms with E-state index in [9.17, 15) is 13.2 Å². The van der Waals surface area contributed by atoms with Gasteiger partial charge in [-0.3, -0.25) is 4.90 Å². The molecule has 2 saturated heterocycles. The second kappa shape index (κ2) is 11.3. The molecular weight excluding hydrogens is 411 g/mol. The van der Waals surface area contributed by atoms with E-state index in [1.54, 1.807) is 0 Å². The Bertz CT molecular complexity index is 675. The van der Waals surface area contributed by atoms with Crippen LogP contribution in [0, 0.1) is 11.8 Å². The largest absolute Gasteiger partial charge is 0.490 e. The first-order valence-electron chi connectivity index (χ1n) is 11.1. The molecule has 1 aromatic rings. The molecule has 1 aromatic carbocycles. The van der Waals surface area contributed by atoms with Gasteiger partial charge in [0.1, 0.15) is 0 Å². The third kappa shape index (κ3) is 8.09. The van der Waals surface area contributed by atoms with Crippen LogP contribution < -0.4 is 0 Å². The quantitative estimate of drug-likeness (QED) is 0.686. The molecular formula is C23H32F3NO4. The smallest absolute Gasteiger partial charge is 0.475 e. The lowest BCUT2D eigenvalue weighted by Gasteiger charge is -2.33. The molecule has 4 rings (SSSR count). The first-order chi connectivity index (χ1) is 14.8. The van der Waals surface area contributed by atoms with Crippen LogP contribution in [0.3, 0.4) is 0 Å². The molecule has 31 heavy (non-hydrogen) atoms. The SMILES string of the molecule is O=C(O)C(F)(F)F.c1ccc(C[C@H]2[C@H](OCC3CC3)CCN2CC2CCOCC2)cc1. The third-order valence-corrected chi connectivity index (χ3v) is 6.21. The number of hydrogen-bond acceptors (Lipinski definition) is 4. The van der Waals surface area contributed by atoms with E-state index in [1.807, 2.05) is 0 Å². The molecule has 8 heteroatoms. The number of nitrogens with zero attached hydrogens (tertiary/aromatic N) is 1. The van der Waals surface area contributed by atoms with Gasteiger partial charge in [0, 0.05) is 39.0 Å². The lowest BCUT2D eigenvalue weighted by Crippen LogP contribution is -2.41. The Labute approximate surface area is 181 Å². The molecule has 2 aliphatic heterocycles. The molecule has 0 aromatic heterocycles. The Morgan fingerprint density at radius 3 is 2.29 bits per heavy atom. The molecule has 2 atom stereocenters. The van der Waals surface area contributed by atoms with E-state index in [1.165, 1.54) is 50.8 Å². The lowest BCUT2D eigenvalue weighted by atomic mass is 9.97. The third-order valence-electron chi connectivity index (χ3n) is 6.21. The predicted octanol–water partition coefficient (Wildman–Crippen LogP) is 4.16. The summed E-state index contributed by atoms with van der Waals surface area (Å²) in [7, 11) is 0. The van der Waals surface area contributed by atoms with Crippen molar-refractivity contribution in [3.8, 4) is 0 Å². The van der Waals surface area contributed by atoms with Gasteiger partial charge in [-0.1, -0.05) is 30.3 Å². The van der Waals surface area contributed by atoms with Crippen molar-refractivity contribution in [1.29, 1.82) is 0 Å². The van der Waals surface area contributed by atoms with Gasteiger partial charge in [0.25, 0.3) is 0 Å². The van der Waals surface area contributed by atoms with Crippen LogP contribution in [0.15, 0.2) is 30.3 Å². The number of carboxylic acid groups (broad SMARTS) is 1. The molecule has 0 amide bonds. The fourth-order valence-electron chi connectivity index (χ4n) is 4.23. The van der Waals surface area contributed by atoms with Crippen LogP contribution in [0.25, 0.3) is 0 Å². The van der Waals surface area contributed by atoms with Crippen LogP contribution >= 0.6 is 0 Å². The number of carboxylic acids is 1. The lowest BCUT2D eigenvalue weighted by molar-refractivity contribution is -0.192. The van der Waals surface area contributed by atoms with Crippen molar-refractivity contribution in [1.82, 2.24) is 4.90 Å². The molecule has 1 aliphatic carbocycles. The standard InChI is InChI=1S/C21H31NO2.C2HF3O2/c1-2-4-17(5-3-1)14-20-21(24-16-19-6-7-19)8-11-22(20)15-18-9-12-23-13-10-18;3-2(4,5)1(6)7/h1-5,18-21H,6-16H2;(H,6,7)/t20-,21+;/m0./s1. The normalized spacial score (nSPS) is 25.1. The monoisotopic (exact) mass is 443 g/mol. The first kappa shape index (κ1) is 24.0. The van der Waals surface area contributed by atoms with Crippen LogP contribution in [-0.4, -0.2) is 67.2 Å². The highest BCUT2D eigenvalue weighted by Crippen LogP contribution is 2.32. The summed E-state index contributed by atoms with van der Waals surface area (Å²) in [6.07, 6.45) is 2.87. The number of carbonyl (C=O) groups is 1. The summed E-state index contributed by atoms with van der Waals surface area (Å²) in [5, 5.41) is 7.12. The Kier molecular flexibility index (Phi) is 8.75. The molecule has 3 fully saturated rings. The zero-order valence-corrected chi connectivity index (χ0v) is 17.7. The van der Waals surface area contributed by atoms with Gasteiger partial charge in [-0.2, -0.15) is 13.2 Å². The van der Waals surface area contributed by atoms with Gasteiger partial charge >= 0.3 is 12.1 Å². The Morgan fingerprint density at radius 1 is 1.06 bits per heavy atom. The molecule has 2 heterocycles. The topological polar surface area (TPSA) is 59.0 Å². The summed E-state index contributed by atoms with van der Waals surface area (Å²) in [4.78, 5) is 11.6. The van der Waals surface area contributed by atoms with E-state index in [-0.39, 0.29) is 0 Å². The van der Waals surface area contributed by atoms with Gasteiger partial charge in [0.05, 0.1) is 6.10 Å². The average Bonchev–Trinajstić information content (AvgIpc) is 3.51. The van der Waals surface area contributed by atoms with E-state index >= 15 is 0 Å². The van der Waals surface area contributed by atoms with E-state index < -0.39 is 12.1 Å². The van der Waals surface area contributed by atoms with Crippen molar-refractivity contribution in [2.45, 2.75) is 56.8 Å². The molecule has 174 valence electrons. The minimum absolute atomic E-state index is 0.422. The van der Waals surface area contributed by atoms with Crippen molar-refractivity contribution in [3.05, 3.63) is 35.9 Å². The van der Waals surface area contributed by atoms with Crippen molar-refractivity contribution in [2.24, 2.45) is 11.8 Å². The van der Waals surface area contributed by atoms with Gasteiger partial charge in [-0.15, -0.1) is 0 Å². The average molecular weight is 444 g/mol. The molecule has 0 radical (unpaired) electrons. The van der Waals surface area contributed by atoms with Crippen molar-refractivity contribution >= 4 is 5.97 Å². The zero-order chi connectivity index (χ0) is 22.3. The predicted molar refractivity (Wildman–Crippen MR) is 110 cm³/mol. The Balaban J connectivity index is 0.000000339. The van der Waals surface area contributed by atoms with Crippen molar-refractivity contribution < 1.29 is 32.5 Å². The maximum absolute atomic E-state index is 10.6. The molecule has 0 spiro atoms. The number of aliphatic carboxylic acids is 1. The highest BCUT2D eigenvalue weighted by molar-refractivity contribution is 5.73.